The van der Waals surface area contributed by atoms with Crippen LogP contribution in [0.3, 0.4) is 0 Å². The van der Waals surface area contributed by atoms with Gasteiger partial charge in [-0.25, -0.2) is 13.6 Å². The van der Waals surface area contributed by atoms with E-state index < -0.39 is 30.1 Å². The van der Waals surface area contributed by atoms with Gasteiger partial charge in [-0.2, -0.15) is 5.10 Å². The molecule has 0 saturated heterocycles. The second-order valence-electron chi connectivity index (χ2n) is 5.32. The van der Waals surface area contributed by atoms with Gasteiger partial charge < -0.3 is 10.1 Å². The van der Waals surface area contributed by atoms with Crippen molar-refractivity contribution in [3.63, 3.8) is 0 Å². The zero-order valence-corrected chi connectivity index (χ0v) is 14.0. The van der Waals surface area contributed by atoms with Crippen molar-refractivity contribution in [3.8, 4) is 0 Å². The molecule has 0 atom stereocenters. The van der Waals surface area contributed by atoms with E-state index >= 15 is 0 Å². The molecule has 1 amide bonds. The van der Waals surface area contributed by atoms with Crippen molar-refractivity contribution in [1.29, 1.82) is 0 Å². The number of nitrogens with zero attached hydrogens (tertiary/aromatic N) is 2. The average molecular weight is 349 g/mol. The molecule has 132 valence electrons. The number of aromatic nitrogens is 2. The van der Waals surface area contributed by atoms with Crippen molar-refractivity contribution >= 4 is 23.6 Å². The molecule has 0 radical (unpaired) electrons. The van der Waals surface area contributed by atoms with Crippen molar-refractivity contribution in [2.75, 3.05) is 11.9 Å². The number of anilines is 1. The molecule has 1 N–H and O–H groups in total. The maximum absolute atomic E-state index is 13.4. The van der Waals surface area contributed by atoms with Gasteiger partial charge in [0.25, 0.3) is 5.91 Å². The molecule has 1 aromatic carbocycles. The van der Waals surface area contributed by atoms with Crippen molar-refractivity contribution < 1.29 is 23.1 Å². The molecule has 0 fully saturated rings. The van der Waals surface area contributed by atoms with Crippen LogP contribution in [-0.2, 0) is 21.4 Å². The highest BCUT2D eigenvalue weighted by molar-refractivity contribution is 5.94. The van der Waals surface area contributed by atoms with Gasteiger partial charge in [-0.15, -0.1) is 0 Å². The number of rotatable bonds is 5. The van der Waals surface area contributed by atoms with Gasteiger partial charge in [0.2, 0.25) is 0 Å². The summed E-state index contributed by atoms with van der Waals surface area (Å²) in [6.45, 7) is 3.07. The number of ether oxygens (including phenoxy) is 1. The first-order valence-electron chi connectivity index (χ1n) is 7.38. The van der Waals surface area contributed by atoms with Gasteiger partial charge in [0.1, 0.15) is 11.6 Å². The molecule has 1 aromatic heterocycles. The average Bonchev–Trinajstić information content (AvgIpc) is 2.79. The van der Waals surface area contributed by atoms with E-state index in [9.17, 15) is 18.4 Å². The molecule has 0 aliphatic carbocycles. The highest BCUT2D eigenvalue weighted by Crippen LogP contribution is 2.15. The third kappa shape index (κ3) is 4.72. The Bertz CT molecular complexity index is 844. The van der Waals surface area contributed by atoms with E-state index in [2.05, 4.69) is 10.4 Å². The first kappa shape index (κ1) is 18.3. The fourth-order valence-corrected chi connectivity index (χ4v) is 2.14. The van der Waals surface area contributed by atoms with E-state index in [-0.39, 0.29) is 5.69 Å². The zero-order valence-electron chi connectivity index (χ0n) is 14.0. The predicted molar refractivity (Wildman–Crippen MR) is 87.7 cm³/mol. The number of carbonyl (C=O) groups is 2. The van der Waals surface area contributed by atoms with Crippen molar-refractivity contribution in [1.82, 2.24) is 9.78 Å². The van der Waals surface area contributed by atoms with Gasteiger partial charge in [-0.05, 0) is 32.1 Å². The third-order valence-corrected chi connectivity index (χ3v) is 3.50. The summed E-state index contributed by atoms with van der Waals surface area (Å²) in [4.78, 5) is 23.3. The Labute approximate surface area is 143 Å². The maximum Gasteiger partial charge on any atom is 0.331 e. The number of amides is 1. The van der Waals surface area contributed by atoms with Crippen LogP contribution >= 0.6 is 0 Å². The van der Waals surface area contributed by atoms with Crippen LogP contribution in [0.15, 0.2) is 24.3 Å². The molecule has 0 aliphatic heterocycles. The second kappa shape index (κ2) is 7.69. The summed E-state index contributed by atoms with van der Waals surface area (Å²) in [5.41, 5.74) is 2.23. The van der Waals surface area contributed by atoms with Gasteiger partial charge in [0, 0.05) is 30.4 Å². The minimum Gasteiger partial charge on any atom is -0.452 e. The summed E-state index contributed by atoms with van der Waals surface area (Å²) in [6.07, 6.45) is 2.74. The zero-order chi connectivity index (χ0) is 18.6. The van der Waals surface area contributed by atoms with Crippen LogP contribution in [0.2, 0.25) is 0 Å². The number of hydrogen-bond acceptors (Lipinski definition) is 4. The Hall–Kier alpha value is -3.03. The van der Waals surface area contributed by atoms with E-state index in [0.29, 0.717) is 6.07 Å². The number of nitrogens with one attached hydrogen (secondary N) is 1. The molecule has 0 spiro atoms. The minimum atomic E-state index is -0.915. The first-order valence-corrected chi connectivity index (χ1v) is 7.38. The normalized spacial score (nSPS) is 10.9. The van der Waals surface area contributed by atoms with E-state index in [4.69, 9.17) is 4.74 Å². The lowest BCUT2D eigenvalue weighted by atomic mass is 10.2. The van der Waals surface area contributed by atoms with E-state index in [1.54, 1.807) is 17.8 Å². The van der Waals surface area contributed by atoms with Crippen LogP contribution in [0.4, 0.5) is 14.5 Å². The van der Waals surface area contributed by atoms with Crippen molar-refractivity contribution in [3.05, 3.63) is 52.9 Å². The predicted octanol–water partition coefficient (Wildman–Crippen LogP) is 2.51. The molecule has 25 heavy (non-hydrogen) atoms. The lowest BCUT2D eigenvalue weighted by Crippen LogP contribution is -2.20. The Kier molecular flexibility index (Phi) is 5.63. The lowest BCUT2D eigenvalue weighted by Gasteiger charge is -2.06. The molecule has 1 heterocycles. The largest absolute Gasteiger partial charge is 0.452 e. The molecule has 8 heteroatoms. The van der Waals surface area contributed by atoms with Crippen LogP contribution < -0.4 is 5.32 Å². The molecular weight excluding hydrogens is 332 g/mol. The summed E-state index contributed by atoms with van der Waals surface area (Å²) in [5.74, 6) is -3.13. The van der Waals surface area contributed by atoms with Gasteiger partial charge in [0.05, 0.1) is 11.4 Å². The summed E-state index contributed by atoms with van der Waals surface area (Å²) >= 11 is 0. The number of aryl methyl sites for hydroxylation is 2. The first-order chi connectivity index (χ1) is 11.8. The van der Waals surface area contributed by atoms with Crippen molar-refractivity contribution in [2.24, 2.45) is 7.05 Å². The van der Waals surface area contributed by atoms with Crippen LogP contribution in [0.5, 0.6) is 0 Å². The highest BCUT2D eigenvalue weighted by atomic mass is 19.1. The van der Waals surface area contributed by atoms with Gasteiger partial charge in [-0.1, -0.05) is 0 Å². The molecule has 2 aromatic rings. The number of halogens is 2. The van der Waals surface area contributed by atoms with E-state index in [1.165, 1.54) is 6.08 Å². The molecule has 0 saturated carbocycles. The Morgan fingerprint density at radius 3 is 2.64 bits per heavy atom. The Morgan fingerprint density at radius 1 is 1.32 bits per heavy atom. The number of esters is 1. The van der Waals surface area contributed by atoms with Crippen LogP contribution in [0, 0.1) is 25.5 Å². The minimum absolute atomic E-state index is 0.195. The second-order valence-corrected chi connectivity index (χ2v) is 5.32. The standard InChI is InChI=1S/C17H17F2N3O3/c1-10-13(11(2)22(3)21-10)5-7-17(24)25-9-16(23)20-15-6-4-12(18)8-14(15)19/h4-8H,9H2,1-3H3,(H,20,23)/b7-5+. The summed E-state index contributed by atoms with van der Waals surface area (Å²) in [6, 6.07) is 2.73. The summed E-state index contributed by atoms with van der Waals surface area (Å²) < 4.78 is 32.7. The van der Waals surface area contributed by atoms with Crippen LogP contribution in [-0.4, -0.2) is 28.3 Å². The number of benzene rings is 1. The maximum atomic E-state index is 13.4. The molecule has 6 nitrogen and oxygen atoms in total. The van der Waals surface area contributed by atoms with E-state index in [0.717, 1.165) is 29.1 Å². The van der Waals surface area contributed by atoms with Gasteiger partial charge in [-0.3, -0.25) is 9.48 Å². The SMILES string of the molecule is Cc1nn(C)c(C)c1/C=C/C(=O)OCC(=O)Nc1ccc(F)cc1F. The monoisotopic (exact) mass is 349 g/mol. The van der Waals surface area contributed by atoms with Gasteiger partial charge >= 0.3 is 5.97 Å². The quantitative estimate of drug-likeness (QED) is 0.665. The summed E-state index contributed by atoms with van der Waals surface area (Å²) in [7, 11) is 1.79. The summed E-state index contributed by atoms with van der Waals surface area (Å²) in [5, 5.41) is 6.40. The number of carbonyl (C=O) groups excluding carboxylic acids is 2. The molecule has 0 aliphatic rings. The fraction of sp³-hybridized carbons (Fsp3) is 0.235. The smallest absolute Gasteiger partial charge is 0.331 e. The van der Waals surface area contributed by atoms with E-state index in [1.807, 2.05) is 13.8 Å². The Morgan fingerprint density at radius 2 is 2.04 bits per heavy atom. The Balaban J connectivity index is 1.89. The van der Waals surface area contributed by atoms with Gasteiger partial charge in [0.15, 0.2) is 6.61 Å². The molecule has 0 unspecified atom stereocenters. The highest BCUT2D eigenvalue weighted by Gasteiger charge is 2.10. The third-order valence-electron chi connectivity index (χ3n) is 3.50. The topological polar surface area (TPSA) is 73.2 Å². The molecule has 2 rings (SSSR count). The van der Waals surface area contributed by atoms with Crippen LogP contribution in [0.1, 0.15) is 17.0 Å². The molecular formula is C17H17F2N3O3. The number of hydrogen-bond donors (Lipinski definition) is 1. The molecule has 0 bridgehead atoms. The van der Waals surface area contributed by atoms with Crippen LogP contribution in [0.25, 0.3) is 6.08 Å². The van der Waals surface area contributed by atoms with Crippen molar-refractivity contribution in [2.45, 2.75) is 13.8 Å². The lowest BCUT2D eigenvalue weighted by molar-refractivity contribution is -0.142. The fourth-order valence-electron chi connectivity index (χ4n) is 2.14.